The summed E-state index contributed by atoms with van der Waals surface area (Å²) in [5, 5.41) is 0. The molecule has 0 aromatic carbocycles. The Hall–Kier alpha value is 0.150. The Labute approximate surface area is 74.1 Å². The number of sulfonamides is 1. The molecule has 0 saturated carbocycles. The van der Waals surface area contributed by atoms with E-state index in [1.54, 1.807) is 4.13 Å². The molecule has 0 saturated heterocycles. The van der Waals surface area contributed by atoms with E-state index < -0.39 is 16.8 Å². The minimum Gasteiger partial charge on any atom is -0.316 e. The number of hydrogen-bond donors (Lipinski definition) is 3. The normalized spacial score (nSPS) is 12.8. The minimum absolute atomic E-state index is 0.139. The monoisotopic (exact) mass is 233 g/mol. The van der Waals surface area contributed by atoms with E-state index in [-0.39, 0.29) is 17.3 Å². The van der Waals surface area contributed by atoms with Gasteiger partial charge in [0.05, 0.1) is 17.3 Å². The number of rotatable bonds is 5. The van der Waals surface area contributed by atoms with Crippen molar-refractivity contribution in [1.82, 2.24) is 4.13 Å². The zero-order chi connectivity index (χ0) is 9.83. The molecule has 0 aliphatic carbocycles. The fourth-order valence-corrected chi connectivity index (χ4v) is 3.62. The fraction of sp³-hybridized carbons (Fsp3) is 0.333. The maximum atomic E-state index is 10.7. The molecule has 0 aliphatic heterocycles. The fourth-order valence-electron chi connectivity index (χ4n) is 0.295. The van der Waals surface area contributed by atoms with E-state index in [9.17, 15) is 13.0 Å². The maximum absolute atomic E-state index is 10.7. The average molecular weight is 233 g/mol. The van der Waals surface area contributed by atoms with Gasteiger partial charge in [0, 0.05) is 0 Å². The third-order valence-corrected chi connectivity index (χ3v) is 4.23. The average Bonchev–Trinajstić information content (AvgIpc) is 1.83. The summed E-state index contributed by atoms with van der Waals surface area (Å²) in [5.41, 5.74) is 0. The van der Waals surface area contributed by atoms with Crippen molar-refractivity contribution in [2.24, 2.45) is 0 Å². The summed E-state index contributed by atoms with van der Waals surface area (Å²) in [6, 6.07) is 0. The summed E-state index contributed by atoms with van der Waals surface area (Å²) in [5.74, 6) is -0.375. The van der Waals surface area contributed by atoms with Crippen LogP contribution in [-0.2, 0) is 14.6 Å². The second-order valence-electron chi connectivity index (χ2n) is 1.74. The van der Waals surface area contributed by atoms with Crippen molar-refractivity contribution in [3.05, 3.63) is 12.7 Å². The van der Waals surface area contributed by atoms with Gasteiger partial charge in [-0.3, -0.25) is 0 Å². The topological polar surface area (TPSA) is 104 Å². The van der Waals surface area contributed by atoms with Crippen LogP contribution in [0.25, 0.3) is 0 Å². The van der Waals surface area contributed by atoms with Crippen LogP contribution < -0.4 is 4.13 Å². The largest absolute Gasteiger partial charge is 0.399 e. The summed E-state index contributed by atoms with van der Waals surface area (Å²) >= 11 is -0.139. The van der Waals surface area contributed by atoms with Crippen LogP contribution in [-0.4, -0.2) is 24.0 Å². The summed E-state index contributed by atoms with van der Waals surface area (Å²) in [4.78, 5) is 16.5. The summed E-state index contributed by atoms with van der Waals surface area (Å²) < 4.78 is 33.3. The van der Waals surface area contributed by atoms with E-state index in [1.807, 2.05) is 0 Å². The molecule has 0 aromatic heterocycles. The Balaban J connectivity index is 4.11. The lowest BCUT2D eigenvalue weighted by molar-refractivity contribution is 0.396. The second-order valence-corrected chi connectivity index (χ2v) is 7.10. The highest BCUT2D eigenvalue weighted by atomic mass is 32.7. The molecule has 3 N–H and O–H groups in total. The molecular weight excluding hydrogens is 225 g/mol. The quantitative estimate of drug-likeness (QED) is 0.346. The first-order chi connectivity index (χ1) is 5.27. The van der Waals surface area contributed by atoms with Gasteiger partial charge in [-0.1, -0.05) is 6.08 Å². The molecule has 0 fully saturated rings. The van der Waals surface area contributed by atoms with Crippen LogP contribution in [0.1, 0.15) is 0 Å². The Morgan fingerprint density at radius 1 is 1.58 bits per heavy atom. The van der Waals surface area contributed by atoms with Gasteiger partial charge in [-0.2, -0.15) is 0 Å². The standard InChI is InChI=1S/C3H8NO5PS2/c1-2-3-12(8,9)4-11-10(5,6)7/h2,4H,1,3H2,(H2,5,6,7). The summed E-state index contributed by atoms with van der Waals surface area (Å²) in [6.07, 6.45) is 1.11. The third-order valence-electron chi connectivity index (χ3n) is 0.620. The van der Waals surface area contributed by atoms with Crippen molar-refractivity contribution in [2.45, 2.75) is 0 Å². The molecule has 0 aromatic rings. The van der Waals surface area contributed by atoms with Gasteiger partial charge < -0.3 is 9.79 Å². The molecule has 0 bridgehead atoms. The zero-order valence-corrected chi connectivity index (χ0v) is 8.40. The van der Waals surface area contributed by atoms with Gasteiger partial charge in [0.25, 0.3) is 0 Å². The predicted octanol–water partition coefficient (Wildman–Crippen LogP) is -0.167. The molecule has 0 amide bonds. The van der Waals surface area contributed by atoms with E-state index in [2.05, 4.69) is 6.58 Å². The van der Waals surface area contributed by atoms with Gasteiger partial charge in [-0.05, 0) is 0 Å². The molecular formula is C3H8NO5PS2. The molecule has 0 rings (SSSR count). The molecule has 0 radical (unpaired) electrons. The smallest absolute Gasteiger partial charge is 0.316 e. The Morgan fingerprint density at radius 3 is 2.42 bits per heavy atom. The predicted molar refractivity (Wildman–Crippen MR) is 46.8 cm³/mol. The first kappa shape index (κ1) is 12.2. The van der Waals surface area contributed by atoms with Crippen LogP contribution in [0.15, 0.2) is 12.7 Å². The number of nitrogens with one attached hydrogen (secondary N) is 1. The first-order valence-corrected chi connectivity index (χ1v) is 7.30. The number of hydrogen-bond acceptors (Lipinski definition) is 4. The molecule has 6 nitrogen and oxygen atoms in total. The first-order valence-electron chi connectivity index (χ1n) is 2.61. The highest BCUT2D eigenvalue weighted by molar-refractivity contribution is 8.55. The summed E-state index contributed by atoms with van der Waals surface area (Å²) in [6.45, 7) is -1.23. The lowest BCUT2D eigenvalue weighted by Crippen LogP contribution is -2.18. The van der Waals surface area contributed by atoms with E-state index in [1.165, 1.54) is 0 Å². The van der Waals surface area contributed by atoms with Crippen molar-refractivity contribution in [3.8, 4) is 0 Å². The molecule has 0 spiro atoms. The second kappa shape index (κ2) is 4.40. The third kappa shape index (κ3) is 6.84. The van der Waals surface area contributed by atoms with Gasteiger partial charge in [-0.15, -0.1) is 10.7 Å². The van der Waals surface area contributed by atoms with Crippen LogP contribution in [0.3, 0.4) is 0 Å². The molecule has 72 valence electrons. The zero-order valence-electron chi connectivity index (χ0n) is 5.87. The lowest BCUT2D eigenvalue weighted by atomic mass is 10.8. The van der Waals surface area contributed by atoms with Crippen molar-refractivity contribution in [1.29, 1.82) is 0 Å². The summed E-state index contributed by atoms with van der Waals surface area (Å²) in [7, 11) is -3.66. The van der Waals surface area contributed by atoms with E-state index in [0.29, 0.717) is 0 Å². The van der Waals surface area contributed by atoms with Gasteiger partial charge in [-0.25, -0.2) is 13.0 Å². The molecule has 9 heteroatoms. The molecule has 0 unspecified atom stereocenters. The Bertz CT molecular complexity index is 292. The van der Waals surface area contributed by atoms with Crippen LogP contribution in [0.2, 0.25) is 0 Å². The molecule has 0 atom stereocenters. The molecule has 0 aliphatic rings. The van der Waals surface area contributed by atoms with E-state index in [0.717, 1.165) is 6.08 Å². The van der Waals surface area contributed by atoms with Crippen molar-refractivity contribution >= 4 is 28.4 Å². The van der Waals surface area contributed by atoms with E-state index >= 15 is 0 Å². The van der Waals surface area contributed by atoms with Crippen LogP contribution in [0.5, 0.6) is 0 Å². The molecule has 0 heterocycles. The van der Waals surface area contributed by atoms with Crippen LogP contribution in [0.4, 0.5) is 0 Å². The van der Waals surface area contributed by atoms with Crippen LogP contribution >= 0.6 is 18.4 Å². The highest BCUT2D eigenvalue weighted by Crippen LogP contribution is 2.48. The maximum Gasteiger partial charge on any atom is 0.399 e. The van der Waals surface area contributed by atoms with Gasteiger partial charge >= 0.3 is 6.80 Å². The Kier molecular flexibility index (Phi) is 4.46. The highest BCUT2D eigenvalue weighted by Gasteiger charge is 2.18. The SMILES string of the molecule is C=CCS(=O)(=O)NSP(=O)(O)O. The van der Waals surface area contributed by atoms with Gasteiger partial charge in [0.2, 0.25) is 10.0 Å². The lowest BCUT2D eigenvalue weighted by Gasteiger charge is -2.03. The van der Waals surface area contributed by atoms with Crippen molar-refractivity contribution < 1.29 is 22.8 Å². The van der Waals surface area contributed by atoms with Gasteiger partial charge in [0.15, 0.2) is 0 Å². The minimum atomic E-state index is -4.39. The molecule has 12 heavy (non-hydrogen) atoms. The van der Waals surface area contributed by atoms with Crippen molar-refractivity contribution in [2.75, 3.05) is 5.75 Å². The Morgan fingerprint density at radius 2 is 2.08 bits per heavy atom. The van der Waals surface area contributed by atoms with Gasteiger partial charge in [0.1, 0.15) is 0 Å². The van der Waals surface area contributed by atoms with E-state index in [4.69, 9.17) is 9.79 Å². The van der Waals surface area contributed by atoms with Crippen LogP contribution in [0, 0.1) is 0 Å². The van der Waals surface area contributed by atoms with Crippen molar-refractivity contribution in [3.63, 3.8) is 0 Å².